The molecule has 0 fully saturated rings. The third kappa shape index (κ3) is 4.44. The molecule has 11 heteroatoms. The van der Waals surface area contributed by atoms with Gasteiger partial charge in [0, 0.05) is 11.1 Å². The zero-order valence-electron chi connectivity index (χ0n) is 21.0. The van der Waals surface area contributed by atoms with E-state index >= 15 is 0 Å². The minimum absolute atomic E-state index is 0.0729. The summed E-state index contributed by atoms with van der Waals surface area (Å²) in [5.74, 6) is 0. The van der Waals surface area contributed by atoms with Crippen LogP contribution in [-0.4, -0.2) is 19.9 Å². The number of aromatic nitrogens is 4. The summed E-state index contributed by atoms with van der Waals surface area (Å²) in [5, 5.41) is 38.8. The number of rotatable bonds is 2. The van der Waals surface area contributed by atoms with Gasteiger partial charge >= 0.3 is 6.18 Å². The molecule has 8 nitrogen and oxygen atoms in total. The number of hydrogen-bond acceptors (Lipinski definition) is 8. The Hall–Kier alpha value is -6.17. The Bertz CT molecular complexity index is 2150. The minimum Gasteiger partial charge on any atom is -0.248 e. The second-order valence-corrected chi connectivity index (χ2v) is 8.65. The first-order valence-corrected chi connectivity index (χ1v) is 11.8. The van der Waals surface area contributed by atoms with E-state index in [1.54, 1.807) is 67.6 Å². The van der Waals surface area contributed by atoms with Gasteiger partial charge in [-0.3, -0.25) is 0 Å². The van der Waals surface area contributed by atoms with Gasteiger partial charge in [-0.1, -0.05) is 60.7 Å². The molecular weight excluding hydrogens is 529 g/mol. The lowest BCUT2D eigenvalue weighted by Crippen LogP contribution is -2.25. The summed E-state index contributed by atoms with van der Waals surface area (Å²) in [6, 6.07) is 23.2. The van der Waals surface area contributed by atoms with E-state index in [4.69, 9.17) is 0 Å². The number of benzene rings is 3. The highest BCUT2D eigenvalue weighted by Crippen LogP contribution is 2.35. The Balaban J connectivity index is 2.19. The van der Waals surface area contributed by atoms with Crippen molar-refractivity contribution in [1.82, 2.24) is 19.9 Å². The van der Waals surface area contributed by atoms with Crippen LogP contribution in [0.5, 0.6) is 0 Å². The average molecular weight is 542 g/mol. The van der Waals surface area contributed by atoms with Gasteiger partial charge in [0.2, 0.25) is 0 Å². The van der Waals surface area contributed by atoms with Gasteiger partial charge in [0.25, 0.3) is 0 Å². The fourth-order valence-electron chi connectivity index (χ4n) is 4.49. The molecule has 0 spiro atoms. The normalized spacial score (nSPS) is 10.8. The molecule has 0 radical (unpaired) electrons. The van der Waals surface area contributed by atoms with Crippen LogP contribution in [-0.2, 0) is 6.18 Å². The van der Waals surface area contributed by atoms with Gasteiger partial charge in [-0.25, -0.2) is 19.9 Å². The van der Waals surface area contributed by atoms with Gasteiger partial charge in [-0.05, 0) is 6.92 Å². The molecule has 41 heavy (non-hydrogen) atoms. The van der Waals surface area contributed by atoms with Crippen LogP contribution in [0.15, 0.2) is 60.7 Å². The van der Waals surface area contributed by atoms with Gasteiger partial charge in [0.05, 0.1) is 21.8 Å². The SMILES string of the molecule is Cc1nc2c(=C(C#N)C#N)c3nc(-c4ccccc4)c(C(F)(F)F)nc3c(=C(C#N)C#N)c2nc1-c1ccccc1. The van der Waals surface area contributed by atoms with E-state index in [9.17, 15) is 34.2 Å². The maximum atomic E-state index is 14.4. The van der Waals surface area contributed by atoms with Gasteiger partial charge in [0.15, 0.2) is 5.69 Å². The molecular formula is C30H13F3N8. The van der Waals surface area contributed by atoms with Crippen molar-refractivity contribution in [1.29, 1.82) is 21.0 Å². The van der Waals surface area contributed by atoms with Gasteiger partial charge < -0.3 is 0 Å². The van der Waals surface area contributed by atoms with Crippen molar-refractivity contribution in [3.63, 3.8) is 0 Å². The number of halogens is 3. The lowest BCUT2D eigenvalue weighted by atomic mass is 10.0. The van der Waals surface area contributed by atoms with Crippen LogP contribution < -0.4 is 10.4 Å². The summed E-state index contributed by atoms with van der Waals surface area (Å²) in [4.78, 5) is 17.4. The molecule has 3 aromatic carbocycles. The van der Waals surface area contributed by atoms with E-state index in [1.807, 2.05) is 0 Å². The van der Waals surface area contributed by atoms with Crippen molar-refractivity contribution in [2.45, 2.75) is 13.1 Å². The average Bonchev–Trinajstić information content (AvgIpc) is 2.98. The Kier molecular flexibility index (Phi) is 6.57. The Morgan fingerprint density at radius 3 is 1.41 bits per heavy atom. The number of fused-ring (bicyclic) bond motifs is 2. The maximum absolute atomic E-state index is 14.4. The topological polar surface area (TPSA) is 147 Å². The summed E-state index contributed by atoms with van der Waals surface area (Å²) in [5.41, 5.74) is -2.75. The summed E-state index contributed by atoms with van der Waals surface area (Å²) < 4.78 is 43.3. The number of hydrogen-bond donors (Lipinski definition) is 0. The molecule has 5 rings (SSSR count). The van der Waals surface area contributed by atoms with Crippen LogP contribution in [0.2, 0.25) is 0 Å². The predicted molar refractivity (Wildman–Crippen MR) is 142 cm³/mol. The third-order valence-electron chi connectivity index (χ3n) is 6.22. The number of aryl methyl sites for hydroxylation is 1. The quantitative estimate of drug-likeness (QED) is 0.293. The van der Waals surface area contributed by atoms with Crippen LogP contribution >= 0.6 is 0 Å². The molecule has 0 saturated carbocycles. The van der Waals surface area contributed by atoms with E-state index in [-0.39, 0.29) is 32.6 Å². The maximum Gasteiger partial charge on any atom is 0.435 e. The fraction of sp³-hybridized carbons (Fsp3) is 0.0667. The first kappa shape index (κ1) is 26.4. The van der Waals surface area contributed by atoms with Crippen molar-refractivity contribution in [2.24, 2.45) is 0 Å². The van der Waals surface area contributed by atoms with Crippen molar-refractivity contribution in [2.75, 3.05) is 0 Å². The third-order valence-corrected chi connectivity index (χ3v) is 6.22. The summed E-state index contributed by atoms with van der Waals surface area (Å²) in [7, 11) is 0. The van der Waals surface area contributed by atoms with Crippen molar-refractivity contribution >= 4 is 33.2 Å². The highest BCUT2D eigenvalue weighted by atomic mass is 19.4. The largest absolute Gasteiger partial charge is 0.435 e. The van der Waals surface area contributed by atoms with E-state index in [1.165, 1.54) is 24.3 Å². The Labute approximate surface area is 229 Å². The zero-order chi connectivity index (χ0) is 29.3. The predicted octanol–water partition coefficient (Wildman–Crippen LogP) is 4.63. The van der Waals surface area contributed by atoms with E-state index in [0.29, 0.717) is 17.0 Å². The van der Waals surface area contributed by atoms with Crippen molar-refractivity contribution in [3.8, 4) is 46.8 Å². The fourth-order valence-corrected chi connectivity index (χ4v) is 4.49. The number of nitrogens with zero attached hydrogens (tertiary/aromatic N) is 8. The molecule has 5 aromatic rings. The molecule has 0 atom stereocenters. The summed E-state index contributed by atoms with van der Waals surface area (Å²) in [6.45, 7) is 1.63. The lowest BCUT2D eigenvalue weighted by molar-refractivity contribution is -0.140. The number of nitriles is 4. The lowest BCUT2D eigenvalue weighted by Gasteiger charge is -2.15. The second-order valence-electron chi connectivity index (χ2n) is 8.65. The molecule has 0 aliphatic heterocycles. The minimum atomic E-state index is -5.00. The van der Waals surface area contributed by atoms with Crippen LogP contribution in [0.25, 0.3) is 55.7 Å². The molecule has 0 aliphatic rings. The Morgan fingerprint density at radius 1 is 0.585 bits per heavy atom. The van der Waals surface area contributed by atoms with Crippen molar-refractivity contribution < 1.29 is 13.2 Å². The van der Waals surface area contributed by atoms with Gasteiger partial charge in [-0.2, -0.15) is 34.2 Å². The monoisotopic (exact) mass is 542 g/mol. The zero-order valence-corrected chi connectivity index (χ0v) is 21.0. The van der Waals surface area contributed by atoms with Crippen LogP contribution in [0.1, 0.15) is 11.4 Å². The van der Waals surface area contributed by atoms with E-state index < -0.39 is 34.2 Å². The molecule has 0 unspecified atom stereocenters. The van der Waals surface area contributed by atoms with Crippen LogP contribution in [0.4, 0.5) is 13.2 Å². The second kappa shape index (κ2) is 10.2. The van der Waals surface area contributed by atoms with Gasteiger partial charge in [0.1, 0.15) is 63.2 Å². The van der Waals surface area contributed by atoms with Gasteiger partial charge in [-0.15, -0.1) is 0 Å². The molecule has 194 valence electrons. The molecule has 0 bridgehead atoms. The van der Waals surface area contributed by atoms with Crippen molar-refractivity contribution in [3.05, 3.63) is 82.5 Å². The Morgan fingerprint density at radius 2 is 0.976 bits per heavy atom. The van der Waals surface area contributed by atoms with E-state index in [0.717, 1.165) is 0 Å². The number of alkyl halides is 3. The molecule has 0 amide bonds. The van der Waals surface area contributed by atoms with E-state index in [2.05, 4.69) is 19.9 Å². The highest BCUT2D eigenvalue weighted by Gasteiger charge is 2.38. The first-order valence-electron chi connectivity index (χ1n) is 11.8. The summed E-state index contributed by atoms with van der Waals surface area (Å²) >= 11 is 0. The standard InChI is InChI=1S/C30H13F3N8/c1-16-23(17-8-4-2-5-9-17)39-26-22(20(14-36)15-37)28-27(21(25(26)38-16)19(12-34)13-35)40-24(18-10-6-3-7-11-18)29(41-28)30(31,32)33/h2-11H,1H3. The van der Waals surface area contributed by atoms with Crippen LogP contribution in [0.3, 0.4) is 0 Å². The molecule has 0 aliphatic carbocycles. The summed E-state index contributed by atoms with van der Waals surface area (Å²) in [6.07, 6.45) is -5.00. The first-order chi connectivity index (χ1) is 19.7. The molecule has 0 saturated heterocycles. The molecule has 2 aromatic heterocycles. The highest BCUT2D eigenvalue weighted by molar-refractivity contribution is 6.01. The molecule has 2 heterocycles. The smallest absolute Gasteiger partial charge is 0.248 e. The molecule has 0 N–H and O–H groups in total. The van der Waals surface area contributed by atoms with Crippen LogP contribution in [0, 0.1) is 52.2 Å².